The molecular formula is C10H10N4O2. The van der Waals surface area contributed by atoms with Gasteiger partial charge in [0.15, 0.2) is 5.69 Å². The van der Waals surface area contributed by atoms with Crippen LogP contribution in [0.4, 0.5) is 0 Å². The maximum absolute atomic E-state index is 11.4. The van der Waals surface area contributed by atoms with Gasteiger partial charge in [0.25, 0.3) is 0 Å². The summed E-state index contributed by atoms with van der Waals surface area (Å²) in [6, 6.07) is 3.58. The number of aromatic amines is 1. The highest BCUT2D eigenvalue weighted by atomic mass is 16.5. The molecule has 2 heterocycles. The van der Waals surface area contributed by atoms with E-state index in [1.807, 2.05) is 13.0 Å². The Morgan fingerprint density at radius 2 is 2.25 bits per heavy atom. The quantitative estimate of drug-likeness (QED) is 0.759. The molecule has 1 N–H and O–H groups in total. The Hall–Kier alpha value is -2.24. The van der Waals surface area contributed by atoms with Gasteiger partial charge in [0, 0.05) is 17.5 Å². The number of nitrogens with zero attached hydrogens (tertiary/aromatic N) is 3. The normalized spacial score (nSPS) is 10.1. The number of esters is 1. The zero-order valence-electron chi connectivity index (χ0n) is 8.89. The Balaban J connectivity index is 2.48. The van der Waals surface area contributed by atoms with Gasteiger partial charge in [-0.2, -0.15) is 10.3 Å². The van der Waals surface area contributed by atoms with Crippen LogP contribution < -0.4 is 0 Å². The summed E-state index contributed by atoms with van der Waals surface area (Å²) in [5, 5.41) is 10.1. The van der Waals surface area contributed by atoms with E-state index in [-0.39, 0.29) is 5.69 Å². The van der Waals surface area contributed by atoms with Gasteiger partial charge in [0.05, 0.1) is 7.11 Å². The van der Waals surface area contributed by atoms with Crippen molar-refractivity contribution in [3.63, 3.8) is 0 Å². The van der Waals surface area contributed by atoms with Crippen molar-refractivity contribution in [2.24, 2.45) is 0 Å². The minimum Gasteiger partial charge on any atom is -0.464 e. The molecule has 0 saturated carbocycles. The summed E-state index contributed by atoms with van der Waals surface area (Å²) in [5.74, 6) is -0.516. The molecule has 0 bridgehead atoms. The van der Waals surface area contributed by atoms with Crippen LogP contribution in [-0.4, -0.2) is 33.5 Å². The Morgan fingerprint density at radius 1 is 1.44 bits per heavy atom. The topological polar surface area (TPSA) is 80.8 Å². The smallest absolute Gasteiger partial charge is 0.360 e. The Labute approximate surface area is 91.7 Å². The average molecular weight is 218 g/mol. The Morgan fingerprint density at radius 3 is 2.94 bits per heavy atom. The number of aryl methyl sites for hydroxylation is 1. The highest BCUT2D eigenvalue weighted by Crippen LogP contribution is 2.19. The lowest BCUT2D eigenvalue weighted by atomic mass is 10.1. The van der Waals surface area contributed by atoms with Crippen molar-refractivity contribution in [2.75, 3.05) is 7.11 Å². The van der Waals surface area contributed by atoms with Gasteiger partial charge in [-0.15, -0.1) is 5.10 Å². The number of methoxy groups -OCH3 is 1. The lowest BCUT2D eigenvalue weighted by Crippen LogP contribution is -2.03. The molecule has 2 aromatic rings. The van der Waals surface area contributed by atoms with Crippen LogP contribution in [0.15, 0.2) is 18.3 Å². The van der Waals surface area contributed by atoms with Crippen molar-refractivity contribution in [2.45, 2.75) is 6.92 Å². The minimum absolute atomic E-state index is 0.174. The molecule has 0 aliphatic rings. The van der Waals surface area contributed by atoms with Crippen LogP contribution in [0.1, 0.15) is 16.2 Å². The van der Waals surface area contributed by atoms with Gasteiger partial charge in [-0.3, -0.25) is 4.98 Å². The van der Waals surface area contributed by atoms with E-state index in [0.717, 1.165) is 11.3 Å². The van der Waals surface area contributed by atoms with Gasteiger partial charge in [0.1, 0.15) is 5.69 Å². The second-order valence-corrected chi connectivity index (χ2v) is 3.20. The third-order valence-electron chi connectivity index (χ3n) is 2.10. The molecule has 0 spiro atoms. The van der Waals surface area contributed by atoms with Crippen LogP contribution in [0.2, 0.25) is 0 Å². The number of rotatable bonds is 2. The van der Waals surface area contributed by atoms with Gasteiger partial charge in [-0.25, -0.2) is 4.79 Å². The number of carbonyl (C=O) groups is 1. The number of carbonyl (C=O) groups excluding carboxylic acids is 1. The van der Waals surface area contributed by atoms with Crippen LogP contribution in [0.3, 0.4) is 0 Å². The summed E-state index contributed by atoms with van der Waals surface area (Å²) in [4.78, 5) is 15.5. The molecule has 0 aromatic carbocycles. The van der Waals surface area contributed by atoms with Crippen molar-refractivity contribution in [3.8, 4) is 11.3 Å². The fraction of sp³-hybridized carbons (Fsp3) is 0.200. The zero-order chi connectivity index (χ0) is 11.5. The molecule has 0 amide bonds. The molecule has 0 aliphatic heterocycles. The summed E-state index contributed by atoms with van der Waals surface area (Å²) in [7, 11) is 1.30. The molecule has 6 heteroatoms. The van der Waals surface area contributed by atoms with Crippen molar-refractivity contribution in [1.29, 1.82) is 0 Å². The van der Waals surface area contributed by atoms with Gasteiger partial charge >= 0.3 is 5.97 Å². The van der Waals surface area contributed by atoms with E-state index in [1.54, 1.807) is 12.3 Å². The summed E-state index contributed by atoms with van der Waals surface area (Å²) in [6.07, 6.45) is 1.65. The second kappa shape index (κ2) is 4.09. The van der Waals surface area contributed by atoms with Gasteiger partial charge < -0.3 is 4.74 Å². The van der Waals surface area contributed by atoms with Gasteiger partial charge in [-0.05, 0) is 19.1 Å². The van der Waals surface area contributed by atoms with Crippen LogP contribution in [-0.2, 0) is 4.74 Å². The zero-order valence-corrected chi connectivity index (χ0v) is 8.89. The molecule has 82 valence electrons. The highest BCUT2D eigenvalue weighted by molar-refractivity contribution is 5.93. The van der Waals surface area contributed by atoms with Crippen LogP contribution >= 0.6 is 0 Å². The number of hydrogen-bond acceptors (Lipinski definition) is 5. The standard InChI is InChI=1S/C10H10N4O2/c1-6-5-7(3-4-11-6)8-9(10(15)16-2)13-14-12-8/h3-5H,1-2H3,(H,12,13,14). The Kier molecular flexibility index (Phi) is 2.63. The second-order valence-electron chi connectivity index (χ2n) is 3.20. The van der Waals surface area contributed by atoms with E-state index < -0.39 is 5.97 Å². The molecule has 2 aromatic heterocycles. The first-order valence-corrected chi connectivity index (χ1v) is 4.64. The number of pyridine rings is 1. The molecule has 0 atom stereocenters. The van der Waals surface area contributed by atoms with Crippen molar-refractivity contribution in [3.05, 3.63) is 29.7 Å². The monoisotopic (exact) mass is 218 g/mol. The lowest BCUT2D eigenvalue weighted by Gasteiger charge is -1.99. The fourth-order valence-corrected chi connectivity index (χ4v) is 1.36. The van der Waals surface area contributed by atoms with Crippen LogP contribution in [0, 0.1) is 6.92 Å². The van der Waals surface area contributed by atoms with Crippen LogP contribution in [0.5, 0.6) is 0 Å². The number of nitrogens with one attached hydrogen (secondary N) is 1. The molecule has 0 radical (unpaired) electrons. The molecule has 0 unspecified atom stereocenters. The van der Waals surface area contributed by atoms with Crippen molar-refractivity contribution in [1.82, 2.24) is 20.4 Å². The maximum Gasteiger partial charge on any atom is 0.360 e. The SMILES string of the molecule is COC(=O)c1n[nH]nc1-c1ccnc(C)c1. The van der Waals surface area contributed by atoms with E-state index in [2.05, 4.69) is 25.1 Å². The van der Waals surface area contributed by atoms with Gasteiger partial charge in [-0.1, -0.05) is 0 Å². The summed E-state index contributed by atoms with van der Waals surface area (Å²) >= 11 is 0. The number of hydrogen-bond donors (Lipinski definition) is 1. The molecule has 16 heavy (non-hydrogen) atoms. The lowest BCUT2D eigenvalue weighted by molar-refractivity contribution is 0.0595. The molecule has 0 fully saturated rings. The molecule has 2 rings (SSSR count). The highest BCUT2D eigenvalue weighted by Gasteiger charge is 2.18. The Bertz CT molecular complexity index is 521. The minimum atomic E-state index is -0.516. The molecular weight excluding hydrogens is 208 g/mol. The van der Waals surface area contributed by atoms with E-state index in [4.69, 9.17) is 0 Å². The van der Waals surface area contributed by atoms with E-state index >= 15 is 0 Å². The number of aromatic nitrogens is 4. The fourth-order valence-electron chi connectivity index (χ4n) is 1.36. The first-order valence-electron chi connectivity index (χ1n) is 4.64. The molecule has 0 saturated heterocycles. The maximum atomic E-state index is 11.4. The third kappa shape index (κ3) is 1.77. The third-order valence-corrected chi connectivity index (χ3v) is 2.10. The van der Waals surface area contributed by atoms with Crippen LogP contribution in [0.25, 0.3) is 11.3 Å². The van der Waals surface area contributed by atoms with E-state index in [9.17, 15) is 4.79 Å². The predicted molar refractivity (Wildman–Crippen MR) is 55.7 cm³/mol. The largest absolute Gasteiger partial charge is 0.464 e. The first kappa shape index (κ1) is 10.3. The van der Waals surface area contributed by atoms with Crippen molar-refractivity contribution >= 4 is 5.97 Å². The number of H-pyrrole nitrogens is 1. The average Bonchev–Trinajstić information content (AvgIpc) is 2.77. The summed E-state index contributed by atoms with van der Waals surface area (Å²) in [6.45, 7) is 1.86. The van der Waals surface area contributed by atoms with Gasteiger partial charge in [0.2, 0.25) is 0 Å². The first-order chi connectivity index (χ1) is 7.72. The van der Waals surface area contributed by atoms with E-state index in [1.165, 1.54) is 7.11 Å². The molecule has 0 aliphatic carbocycles. The van der Waals surface area contributed by atoms with Crippen molar-refractivity contribution < 1.29 is 9.53 Å². The predicted octanol–water partition coefficient (Wildman–Crippen LogP) is 0.962. The summed E-state index contributed by atoms with van der Waals surface area (Å²) < 4.78 is 4.61. The number of ether oxygens (including phenoxy) is 1. The van der Waals surface area contributed by atoms with E-state index in [0.29, 0.717) is 5.69 Å². The molecule has 6 nitrogen and oxygen atoms in total. The summed E-state index contributed by atoms with van der Waals surface area (Å²) in [5.41, 5.74) is 2.27.